The molecule has 0 aliphatic heterocycles. The highest BCUT2D eigenvalue weighted by Crippen LogP contribution is 2.40. The number of pyridine rings is 1. The summed E-state index contributed by atoms with van der Waals surface area (Å²) in [6.45, 7) is 0. The quantitative estimate of drug-likeness (QED) is 0.196. The van der Waals surface area contributed by atoms with Gasteiger partial charge in [0.15, 0.2) is 23.1 Å². The summed E-state index contributed by atoms with van der Waals surface area (Å²) in [6, 6.07) is 45.1. The fraction of sp³-hybridized carbons (Fsp3) is 0. The zero-order valence-electron chi connectivity index (χ0n) is 25.5. The van der Waals surface area contributed by atoms with E-state index in [2.05, 4.69) is 59.6 Å². The van der Waals surface area contributed by atoms with E-state index in [-0.39, 0.29) is 0 Å². The van der Waals surface area contributed by atoms with Gasteiger partial charge in [0.2, 0.25) is 0 Å². The number of nitrogens with zero attached hydrogens (tertiary/aromatic N) is 4. The fourth-order valence-corrected chi connectivity index (χ4v) is 6.76. The van der Waals surface area contributed by atoms with Crippen molar-refractivity contribution in [1.29, 1.82) is 0 Å². The molecule has 0 aliphatic carbocycles. The highest BCUT2D eigenvalue weighted by atomic mass is 16.3. The SMILES string of the molecule is c1ccc(-c2nc(-c3cccc(-c4cncc5oc6cc7ccccc7cc6c45)c3)nc(-c3cccc4oc5ccccc5c34)n2)cc1. The smallest absolute Gasteiger partial charge is 0.164 e. The number of hydrogen-bond donors (Lipinski definition) is 0. The van der Waals surface area contributed by atoms with E-state index in [1.807, 2.05) is 85.1 Å². The molecule has 6 aromatic carbocycles. The first kappa shape index (κ1) is 26.5. The minimum Gasteiger partial charge on any atom is -0.456 e. The Bertz CT molecular complexity index is 2850. The first-order valence-corrected chi connectivity index (χ1v) is 15.8. The van der Waals surface area contributed by atoms with Gasteiger partial charge in [-0.15, -0.1) is 0 Å². The van der Waals surface area contributed by atoms with Crippen molar-refractivity contribution in [3.8, 4) is 45.3 Å². The van der Waals surface area contributed by atoms with Gasteiger partial charge in [0.1, 0.15) is 16.7 Å². The fourth-order valence-electron chi connectivity index (χ4n) is 6.76. The average Bonchev–Trinajstić information content (AvgIpc) is 3.72. The Morgan fingerprint density at radius 1 is 0.375 bits per heavy atom. The van der Waals surface area contributed by atoms with Crippen molar-refractivity contribution in [2.24, 2.45) is 0 Å². The summed E-state index contributed by atoms with van der Waals surface area (Å²) < 4.78 is 12.5. The number of para-hydroxylation sites is 1. The third-order valence-corrected chi connectivity index (χ3v) is 8.99. The predicted octanol–water partition coefficient (Wildman–Crippen LogP) is 10.9. The van der Waals surface area contributed by atoms with Crippen LogP contribution >= 0.6 is 0 Å². The second-order valence-corrected chi connectivity index (χ2v) is 11.9. The summed E-state index contributed by atoms with van der Waals surface area (Å²) in [6.07, 6.45) is 3.70. The van der Waals surface area contributed by atoms with Crippen molar-refractivity contribution in [3.63, 3.8) is 0 Å². The van der Waals surface area contributed by atoms with Gasteiger partial charge in [-0.05, 0) is 46.7 Å². The molecule has 0 unspecified atom stereocenters. The first-order valence-electron chi connectivity index (χ1n) is 15.8. The number of hydrogen-bond acceptors (Lipinski definition) is 6. The lowest BCUT2D eigenvalue weighted by Crippen LogP contribution is -2.00. The standard InChI is InChI=1S/C42H24N4O2/c1-2-10-25(11-3-1)40-44-41(46-42(45-40)31-17-9-19-35-38(31)30-16-6-7-18-34(30)47-35)29-15-8-14-28(20-29)33-23-43-24-37-39(33)32-21-26-12-4-5-13-27(26)22-36(32)48-37/h1-24H. The van der Waals surface area contributed by atoms with Gasteiger partial charge in [-0.3, -0.25) is 4.98 Å². The normalized spacial score (nSPS) is 11.8. The molecule has 0 amide bonds. The largest absolute Gasteiger partial charge is 0.456 e. The molecule has 0 N–H and O–H groups in total. The molecule has 10 rings (SSSR count). The third kappa shape index (κ3) is 4.20. The number of fused-ring (bicyclic) bond motifs is 7. The van der Waals surface area contributed by atoms with E-state index in [9.17, 15) is 0 Å². The molecule has 6 nitrogen and oxygen atoms in total. The van der Waals surface area contributed by atoms with Crippen molar-refractivity contribution in [2.45, 2.75) is 0 Å². The van der Waals surface area contributed by atoms with E-state index in [1.54, 1.807) is 6.20 Å². The molecule has 48 heavy (non-hydrogen) atoms. The van der Waals surface area contributed by atoms with Gasteiger partial charge in [0.05, 0.1) is 6.20 Å². The van der Waals surface area contributed by atoms with Crippen LogP contribution in [0.25, 0.3) is 99.9 Å². The molecule has 0 spiro atoms. The lowest BCUT2D eigenvalue weighted by atomic mass is 9.98. The van der Waals surface area contributed by atoms with Crippen LogP contribution < -0.4 is 0 Å². The van der Waals surface area contributed by atoms with Crippen molar-refractivity contribution >= 4 is 54.6 Å². The highest BCUT2D eigenvalue weighted by molar-refractivity contribution is 6.15. The summed E-state index contributed by atoms with van der Waals surface area (Å²) in [7, 11) is 0. The van der Waals surface area contributed by atoms with E-state index >= 15 is 0 Å². The maximum Gasteiger partial charge on any atom is 0.164 e. The Morgan fingerprint density at radius 3 is 1.92 bits per heavy atom. The molecular weight excluding hydrogens is 592 g/mol. The van der Waals surface area contributed by atoms with Gasteiger partial charge >= 0.3 is 0 Å². The Balaban J connectivity index is 1.18. The van der Waals surface area contributed by atoms with Gasteiger partial charge in [-0.2, -0.15) is 0 Å². The van der Waals surface area contributed by atoms with Gasteiger partial charge in [-0.25, -0.2) is 15.0 Å². The highest BCUT2D eigenvalue weighted by Gasteiger charge is 2.19. The van der Waals surface area contributed by atoms with Gasteiger partial charge < -0.3 is 8.83 Å². The minimum absolute atomic E-state index is 0.577. The molecule has 10 aromatic rings. The number of aromatic nitrogens is 4. The van der Waals surface area contributed by atoms with Gasteiger partial charge in [0.25, 0.3) is 0 Å². The predicted molar refractivity (Wildman–Crippen MR) is 191 cm³/mol. The van der Waals surface area contributed by atoms with E-state index in [1.165, 1.54) is 0 Å². The zero-order chi connectivity index (χ0) is 31.6. The molecule has 0 aliphatic rings. The second kappa shape index (κ2) is 10.4. The van der Waals surface area contributed by atoms with Crippen molar-refractivity contribution in [2.75, 3.05) is 0 Å². The number of rotatable bonds is 4. The lowest BCUT2D eigenvalue weighted by molar-refractivity contribution is 0.667. The summed E-state index contributed by atoms with van der Waals surface area (Å²) in [4.78, 5) is 19.7. The van der Waals surface area contributed by atoms with Crippen LogP contribution in [0.5, 0.6) is 0 Å². The average molecular weight is 617 g/mol. The second-order valence-electron chi connectivity index (χ2n) is 11.9. The Hall–Kier alpha value is -6.66. The Labute approximate surface area is 274 Å². The molecule has 224 valence electrons. The molecular formula is C42H24N4O2. The molecule has 6 heteroatoms. The van der Waals surface area contributed by atoms with E-state index < -0.39 is 0 Å². The van der Waals surface area contributed by atoms with Gasteiger partial charge in [0, 0.05) is 50.0 Å². The molecule has 4 heterocycles. The molecule has 0 atom stereocenters. The summed E-state index contributed by atoms with van der Waals surface area (Å²) in [5.74, 6) is 1.76. The van der Waals surface area contributed by atoms with Crippen LogP contribution in [-0.2, 0) is 0 Å². The van der Waals surface area contributed by atoms with Crippen molar-refractivity contribution in [1.82, 2.24) is 19.9 Å². The third-order valence-electron chi connectivity index (χ3n) is 8.99. The van der Waals surface area contributed by atoms with Gasteiger partial charge in [-0.1, -0.05) is 103 Å². The van der Waals surface area contributed by atoms with E-state index in [4.69, 9.17) is 23.8 Å². The number of furan rings is 2. The monoisotopic (exact) mass is 616 g/mol. The summed E-state index contributed by atoms with van der Waals surface area (Å²) >= 11 is 0. The van der Waals surface area contributed by atoms with Crippen LogP contribution in [0.4, 0.5) is 0 Å². The van der Waals surface area contributed by atoms with Crippen molar-refractivity contribution < 1.29 is 8.83 Å². The van der Waals surface area contributed by atoms with Crippen LogP contribution in [0.3, 0.4) is 0 Å². The van der Waals surface area contributed by atoms with Crippen LogP contribution in [0.1, 0.15) is 0 Å². The maximum atomic E-state index is 6.32. The summed E-state index contributed by atoms with van der Waals surface area (Å²) in [5, 5.41) is 6.39. The zero-order valence-corrected chi connectivity index (χ0v) is 25.5. The van der Waals surface area contributed by atoms with E-state index in [0.717, 1.165) is 82.5 Å². The first-order chi connectivity index (χ1) is 23.8. The number of benzene rings is 6. The van der Waals surface area contributed by atoms with Crippen molar-refractivity contribution in [3.05, 3.63) is 146 Å². The maximum absolute atomic E-state index is 6.32. The Kier molecular flexibility index (Phi) is 5.77. The lowest BCUT2D eigenvalue weighted by Gasteiger charge is -2.10. The molecule has 0 bridgehead atoms. The Morgan fingerprint density at radius 2 is 1.02 bits per heavy atom. The van der Waals surface area contributed by atoms with Crippen LogP contribution in [0.2, 0.25) is 0 Å². The van der Waals surface area contributed by atoms with Crippen LogP contribution in [0.15, 0.2) is 155 Å². The molecule has 0 radical (unpaired) electrons. The van der Waals surface area contributed by atoms with Crippen LogP contribution in [0, 0.1) is 0 Å². The minimum atomic E-state index is 0.577. The molecule has 0 saturated heterocycles. The molecule has 0 fully saturated rings. The molecule has 0 saturated carbocycles. The van der Waals surface area contributed by atoms with E-state index in [0.29, 0.717) is 17.5 Å². The topological polar surface area (TPSA) is 77.8 Å². The molecule has 4 aromatic heterocycles. The van der Waals surface area contributed by atoms with Crippen LogP contribution in [-0.4, -0.2) is 19.9 Å². The summed E-state index contributed by atoms with van der Waals surface area (Å²) in [5.41, 5.74) is 7.85.